The summed E-state index contributed by atoms with van der Waals surface area (Å²) in [5, 5.41) is 4.04. The Labute approximate surface area is 159 Å². The number of amides is 1. The molecule has 0 fully saturated rings. The van der Waals surface area contributed by atoms with Crippen molar-refractivity contribution in [2.45, 2.75) is 39.5 Å². The lowest BCUT2D eigenvalue weighted by Crippen LogP contribution is -2.35. The molecule has 0 unspecified atom stereocenters. The van der Waals surface area contributed by atoms with Crippen LogP contribution in [0.15, 0.2) is 47.0 Å². The lowest BCUT2D eigenvalue weighted by atomic mass is 9.99. The topological polar surface area (TPSA) is 59.2 Å². The zero-order chi connectivity index (χ0) is 18.8. The molecule has 0 saturated heterocycles. The maximum absolute atomic E-state index is 12.8. The van der Waals surface area contributed by atoms with Crippen molar-refractivity contribution in [2.24, 2.45) is 0 Å². The Kier molecular flexibility index (Phi) is 4.75. The molecule has 2 aromatic carbocycles. The molecule has 2 heterocycles. The lowest BCUT2D eigenvalue weighted by molar-refractivity contribution is -0.118. The van der Waals surface area contributed by atoms with Crippen LogP contribution in [0.3, 0.4) is 0 Å². The van der Waals surface area contributed by atoms with Gasteiger partial charge in [-0.1, -0.05) is 52.7 Å². The fourth-order valence-corrected chi connectivity index (χ4v) is 3.51. The van der Waals surface area contributed by atoms with Gasteiger partial charge in [-0.3, -0.25) is 4.79 Å². The van der Waals surface area contributed by atoms with Crippen molar-refractivity contribution >= 4 is 11.6 Å². The van der Waals surface area contributed by atoms with E-state index in [1.807, 2.05) is 36.1 Å². The lowest BCUT2D eigenvalue weighted by Gasteiger charge is -2.29. The summed E-state index contributed by atoms with van der Waals surface area (Å²) in [7, 11) is 0. The Morgan fingerprint density at radius 2 is 1.89 bits per heavy atom. The molecule has 0 bridgehead atoms. The molecule has 1 aliphatic heterocycles. The van der Waals surface area contributed by atoms with Crippen LogP contribution >= 0.6 is 0 Å². The van der Waals surface area contributed by atoms with Crippen LogP contribution in [0.4, 0.5) is 5.69 Å². The highest BCUT2D eigenvalue weighted by Crippen LogP contribution is 2.28. The maximum Gasteiger partial charge on any atom is 0.227 e. The third-order valence-electron chi connectivity index (χ3n) is 4.99. The first-order valence-electron chi connectivity index (χ1n) is 9.40. The van der Waals surface area contributed by atoms with Gasteiger partial charge >= 0.3 is 0 Å². The highest BCUT2D eigenvalue weighted by molar-refractivity contribution is 5.94. The summed E-state index contributed by atoms with van der Waals surface area (Å²) in [5.74, 6) is 1.17. The summed E-state index contributed by atoms with van der Waals surface area (Å²) in [4.78, 5) is 19.1. The van der Waals surface area contributed by atoms with Crippen molar-refractivity contribution in [3.05, 3.63) is 65.0 Å². The first-order valence-corrected chi connectivity index (χ1v) is 9.40. The normalized spacial score (nSPS) is 13.5. The van der Waals surface area contributed by atoms with E-state index in [1.54, 1.807) is 0 Å². The van der Waals surface area contributed by atoms with Crippen LogP contribution in [0.2, 0.25) is 0 Å². The fraction of sp³-hybridized carbons (Fsp3) is 0.318. The standard InChI is InChI=1S/C22H23N3O2/c1-15-5-8-17(9-6-15)22-23-20(27-24-22)11-12-21(26)25-13-3-4-18-14-16(2)7-10-19(18)25/h5-10,14H,3-4,11-13H2,1-2H3. The first-order chi connectivity index (χ1) is 13.1. The van der Waals surface area contributed by atoms with Crippen LogP contribution in [-0.4, -0.2) is 22.6 Å². The molecule has 0 N–H and O–H groups in total. The van der Waals surface area contributed by atoms with Gasteiger partial charge in [-0.25, -0.2) is 0 Å². The molecule has 5 nitrogen and oxygen atoms in total. The van der Waals surface area contributed by atoms with Gasteiger partial charge in [0.2, 0.25) is 17.6 Å². The minimum absolute atomic E-state index is 0.106. The number of carbonyl (C=O) groups excluding carboxylic acids is 1. The summed E-state index contributed by atoms with van der Waals surface area (Å²) in [6, 6.07) is 14.3. The maximum atomic E-state index is 12.8. The second-order valence-electron chi connectivity index (χ2n) is 7.16. The minimum Gasteiger partial charge on any atom is -0.339 e. The van der Waals surface area contributed by atoms with Gasteiger partial charge in [-0.15, -0.1) is 0 Å². The second-order valence-corrected chi connectivity index (χ2v) is 7.16. The van der Waals surface area contributed by atoms with Crippen LogP contribution in [-0.2, 0) is 17.6 Å². The number of aromatic nitrogens is 2. The Morgan fingerprint density at radius 1 is 1.11 bits per heavy atom. The first kappa shape index (κ1) is 17.5. The fourth-order valence-electron chi connectivity index (χ4n) is 3.51. The van der Waals surface area contributed by atoms with Gasteiger partial charge in [0.25, 0.3) is 0 Å². The van der Waals surface area contributed by atoms with Crippen LogP contribution in [0.5, 0.6) is 0 Å². The van der Waals surface area contributed by atoms with Crippen molar-refractivity contribution in [3.8, 4) is 11.4 Å². The summed E-state index contributed by atoms with van der Waals surface area (Å²) >= 11 is 0. The highest BCUT2D eigenvalue weighted by atomic mass is 16.5. The number of hydrogen-bond donors (Lipinski definition) is 0. The van der Waals surface area contributed by atoms with Crippen molar-refractivity contribution in [3.63, 3.8) is 0 Å². The van der Waals surface area contributed by atoms with E-state index in [0.717, 1.165) is 30.6 Å². The van der Waals surface area contributed by atoms with Crippen LogP contribution < -0.4 is 4.90 Å². The van der Waals surface area contributed by atoms with E-state index in [9.17, 15) is 4.79 Å². The molecule has 1 amide bonds. The Balaban J connectivity index is 1.43. The van der Waals surface area contributed by atoms with Gasteiger partial charge in [-0.05, 0) is 38.3 Å². The van der Waals surface area contributed by atoms with E-state index in [0.29, 0.717) is 24.6 Å². The van der Waals surface area contributed by atoms with Crippen molar-refractivity contribution in [2.75, 3.05) is 11.4 Å². The predicted octanol–water partition coefficient (Wildman–Crippen LogP) is 4.27. The molecule has 3 aromatic rings. The zero-order valence-corrected chi connectivity index (χ0v) is 15.7. The molecular formula is C22H23N3O2. The molecule has 0 atom stereocenters. The number of anilines is 1. The smallest absolute Gasteiger partial charge is 0.227 e. The molecule has 5 heteroatoms. The number of carbonyl (C=O) groups is 1. The van der Waals surface area contributed by atoms with Crippen LogP contribution in [0, 0.1) is 13.8 Å². The SMILES string of the molecule is Cc1ccc(-c2noc(CCC(=O)N3CCCc4cc(C)ccc43)n2)cc1. The number of benzene rings is 2. The van der Waals surface area contributed by atoms with Gasteiger partial charge in [0.05, 0.1) is 0 Å². The second kappa shape index (κ2) is 7.35. The molecule has 1 aromatic heterocycles. The van der Waals surface area contributed by atoms with Gasteiger partial charge in [0.1, 0.15) is 0 Å². The van der Waals surface area contributed by atoms with E-state index < -0.39 is 0 Å². The molecule has 0 spiro atoms. The van der Waals surface area contributed by atoms with Crippen LogP contribution in [0.25, 0.3) is 11.4 Å². The summed E-state index contributed by atoms with van der Waals surface area (Å²) in [5.41, 5.74) is 5.64. The van der Waals surface area contributed by atoms with Gasteiger partial charge in [-0.2, -0.15) is 4.98 Å². The third kappa shape index (κ3) is 3.77. The zero-order valence-electron chi connectivity index (χ0n) is 15.7. The molecule has 27 heavy (non-hydrogen) atoms. The highest BCUT2D eigenvalue weighted by Gasteiger charge is 2.23. The molecule has 0 saturated carbocycles. The van der Waals surface area contributed by atoms with Gasteiger partial charge in [0, 0.05) is 30.6 Å². The van der Waals surface area contributed by atoms with Crippen LogP contribution in [0.1, 0.15) is 35.4 Å². The number of hydrogen-bond acceptors (Lipinski definition) is 4. The van der Waals surface area contributed by atoms with E-state index in [2.05, 4.69) is 35.3 Å². The van der Waals surface area contributed by atoms with E-state index in [1.165, 1.54) is 16.7 Å². The van der Waals surface area contributed by atoms with Crippen molar-refractivity contribution < 1.29 is 9.32 Å². The molecular weight excluding hydrogens is 338 g/mol. The summed E-state index contributed by atoms with van der Waals surface area (Å²) in [6.07, 6.45) is 2.85. The Bertz CT molecular complexity index is 960. The summed E-state index contributed by atoms with van der Waals surface area (Å²) in [6.45, 7) is 4.90. The molecule has 138 valence electrons. The average Bonchev–Trinajstić information content (AvgIpc) is 3.15. The quantitative estimate of drug-likeness (QED) is 0.696. The van der Waals surface area contributed by atoms with Crippen molar-refractivity contribution in [1.29, 1.82) is 0 Å². The monoisotopic (exact) mass is 361 g/mol. The van der Waals surface area contributed by atoms with E-state index in [-0.39, 0.29) is 5.91 Å². The minimum atomic E-state index is 0.106. The van der Waals surface area contributed by atoms with Gasteiger partial charge in [0.15, 0.2) is 0 Å². The third-order valence-corrected chi connectivity index (χ3v) is 4.99. The Morgan fingerprint density at radius 3 is 2.70 bits per heavy atom. The van der Waals surface area contributed by atoms with E-state index >= 15 is 0 Å². The molecule has 0 radical (unpaired) electrons. The largest absolute Gasteiger partial charge is 0.339 e. The molecule has 4 rings (SSSR count). The van der Waals surface area contributed by atoms with Crippen molar-refractivity contribution in [1.82, 2.24) is 10.1 Å². The molecule has 0 aliphatic carbocycles. The number of fused-ring (bicyclic) bond motifs is 1. The predicted molar refractivity (Wildman–Crippen MR) is 105 cm³/mol. The number of aryl methyl sites for hydroxylation is 4. The van der Waals surface area contributed by atoms with Gasteiger partial charge < -0.3 is 9.42 Å². The Hall–Kier alpha value is -2.95. The average molecular weight is 361 g/mol. The molecule has 1 aliphatic rings. The summed E-state index contributed by atoms with van der Waals surface area (Å²) < 4.78 is 5.34. The number of rotatable bonds is 4. The number of nitrogens with zero attached hydrogens (tertiary/aromatic N) is 3. The van der Waals surface area contributed by atoms with E-state index in [4.69, 9.17) is 4.52 Å².